The molecule has 0 fully saturated rings. The Labute approximate surface area is 103 Å². The van der Waals surface area contributed by atoms with Gasteiger partial charge >= 0.3 is 5.97 Å². The maximum absolute atomic E-state index is 10.6. The zero-order valence-corrected chi connectivity index (χ0v) is 9.52. The Balaban J connectivity index is 1.73. The molecule has 2 heterocycles. The van der Waals surface area contributed by atoms with Gasteiger partial charge in [-0.25, -0.2) is 14.8 Å². The number of carbonyl (C=O) groups is 1. The lowest BCUT2D eigenvalue weighted by molar-refractivity contribution is 0.0690. The van der Waals surface area contributed by atoms with Crippen LogP contribution in [-0.2, 0) is 13.1 Å². The third kappa shape index (κ3) is 3.32. The average Bonchev–Trinajstić information content (AvgIpc) is 2.85. The van der Waals surface area contributed by atoms with E-state index in [2.05, 4.69) is 25.6 Å². The fourth-order valence-corrected chi connectivity index (χ4v) is 1.34. The summed E-state index contributed by atoms with van der Waals surface area (Å²) in [5.74, 6) is -1.07. The second-order valence-corrected chi connectivity index (χ2v) is 3.55. The maximum Gasteiger partial charge on any atom is 0.358 e. The van der Waals surface area contributed by atoms with E-state index in [0.717, 1.165) is 5.69 Å². The molecule has 0 saturated heterocycles. The molecule has 0 radical (unpaired) electrons. The lowest BCUT2D eigenvalue weighted by Gasteiger charge is -2.03. The summed E-state index contributed by atoms with van der Waals surface area (Å²) in [7, 11) is 0. The van der Waals surface area contributed by atoms with Crippen LogP contribution in [0.4, 0.5) is 0 Å². The second-order valence-electron chi connectivity index (χ2n) is 3.55. The van der Waals surface area contributed by atoms with Crippen molar-refractivity contribution in [1.29, 1.82) is 0 Å². The Hall–Kier alpha value is -2.35. The maximum atomic E-state index is 10.6. The number of carboxylic acid groups (broad SMARTS) is 1. The van der Waals surface area contributed by atoms with E-state index in [0.29, 0.717) is 19.6 Å². The van der Waals surface area contributed by atoms with Gasteiger partial charge in [0.25, 0.3) is 0 Å². The van der Waals surface area contributed by atoms with Crippen LogP contribution in [0.5, 0.6) is 0 Å². The number of carboxylic acids is 1. The van der Waals surface area contributed by atoms with Crippen molar-refractivity contribution in [2.24, 2.45) is 0 Å². The number of hydrogen-bond donors (Lipinski definition) is 2. The zero-order valence-electron chi connectivity index (χ0n) is 9.52. The van der Waals surface area contributed by atoms with E-state index in [1.54, 1.807) is 6.20 Å². The van der Waals surface area contributed by atoms with Crippen LogP contribution in [0, 0.1) is 0 Å². The van der Waals surface area contributed by atoms with E-state index in [-0.39, 0.29) is 5.69 Å². The summed E-state index contributed by atoms with van der Waals surface area (Å²) in [6.07, 6.45) is 4.57. The minimum atomic E-state index is -1.07. The van der Waals surface area contributed by atoms with Crippen LogP contribution in [0.1, 0.15) is 16.2 Å². The Morgan fingerprint density at radius 3 is 3.06 bits per heavy atom. The van der Waals surface area contributed by atoms with Gasteiger partial charge in [0.1, 0.15) is 6.33 Å². The van der Waals surface area contributed by atoms with Gasteiger partial charge in [-0.3, -0.25) is 4.68 Å². The fraction of sp³-hybridized carbons (Fsp3) is 0.300. The lowest BCUT2D eigenvalue weighted by atomic mass is 10.4. The van der Waals surface area contributed by atoms with E-state index in [1.807, 2.05) is 6.07 Å². The van der Waals surface area contributed by atoms with Crippen molar-refractivity contribution >= 4 is 5.97 Å². The summed E-state index contributed by atoms with van der Waals surface area (Å²) < 4.78 is 1.48. The predicted molar refractivity (Wildman–Crippen MR) is 60.7 cm³/mol. The van der Waals surface area contributed by atoms with Crippen LogP contribution in [0.3, 0.4) is 0 Å². The predicted octanol–water partition coefficient (Wildman–Crippen LogP) is -0.444. The van der Waals surface area contributed by atoms with E-state index >= 15 is 0 Å². The van der Waals surface area contributed by atoms with Gasteiger partial charge in [0.15, 0.2) is 5.69 Å². The van der Waals surface area contributed by atoms with Crippen molar-refractivity contribution in [2.75, 3.05) is 6.54 Å². The molecule has 0 saturated carbocycles. The van der Waals surface area contributed by atoms with Crippen LogP contribution in [0.2, 0.25) is 0 Å². The molecule has 2 N–H and O–H groups in total. The molecule has 2 rings (SSSR count). The van der Waals surface area contributed by atoms with Crippen molar-refractivity contribution in [2.45, 2.75) is 13.1 Å². The topological polar surface area (TPSA) is 106 Å². The first-order valence-electron chi connectivity index (χ1n) is 5.35. The van der Waals surface area contributed by atoms with Crippen molar-refractivity contribution in [1.82, 2.24) is 30.3 Å². The van der Waals surface area contributed by atoms with Gasteiger partial charge in [-0.15, -0.1) is 5.10 Å². The second kappa shape index (κ2) is 5.82. The van der Waals surface area contributed by atoms with Gasteiger partial charge in [0.05, 0.1) is 18.4 Å². The molecule has 0 amide bonds. The van der Waals surface area contributed by atoms with Gasteiger partial charge < -0.3 is 10.4 Å². The molecule has 0 unspecified atom stereocenters. The molecule has 2 aromatic heterocycles. The highest BCUT2D eigenvalue weighted by atomic mass is 16.4. The Kier molecular flexibility index (Phi) is 3.92. The van der Waals surface area contributed by atoms with Crippen LogP contribution in [0.15, 0.2) is 24.8 Å². The molecule has 0 aliphatic carbocycles. The third-order valence-electron chi connectivity index (χ3n) is 2.22. The monoisotopic (exact) mass is 248 g/mol. The summed E-state index contributed by atoms with van der Waals surface area (Å²) in [6.45, 7) is 1.82. The smallest absolute Gasteiger partial charge is 0.358 e. The quantitative estimate of drug-likeness (QED) is 0.667. The summed E-state index contributed by atoms with van der Waals surface area (Å²) in [6, 6.07) is 1.82. The van der Waals surface area contributed by atoms with Gasteiger partial charge in [-0.1, -0.05) is 5.21 Å². The standard InChI is InChI=1S/C10H12N6O2/c17-10(18)9-6-16(15-14-9)4-3-11-5-8-1-2-12-7-13-8/h1-2,6-7,11H,3-5H2,(H,17,18). The molecule has 2 aromatic rings. The van der Waals surface area contributed by atoms with Crippen molar-refractivity contribution < 1.29 is 9.90 Å². The SMILES string of the molecule is O=C(O)c1cn(CCNCc2ccncn2)nn1. The van der Waals surface area contributed by atoms with Gasteiger partial charge in [-0.2, -0.15) is 0 Å². The number of hydrogen-bond acceptors (Lipinski definition) is 6. The molecule has 8 heteroatoms. The molecule has 0 bridgehead atoms. The lowest BCUT2D eigenvalue weighted by Crippen LogP contribution is -2.20. The summed E-state index contributed by atoms with van der Waals surface area (Å²) in [5.41, 5.74) is 0.848. The number of rotatable bonds is 6. The molecule has 94 valence electrons. The Morgan fingerprint density at radius 2 is 2.39 bits per heavy atom. The molecule has 0 atom stereocenters. The van der Waals surface area contributed by atoms with Gasteiger partial charge in [-0.05, 0) is 6.07 Å². The largest absolute Gasteiger partial charge is 0.476 e. The number of nitrogens with zero attached hydrogens (tertiary/aromatic N) is 5. The number of aromatic carboxylic acids is 1. The van der Waals surface area contributed by atoms with Gasteiger partial charge in [0, 0.05) is 19.3 Å². The minimum absolute atomic E-state index is 0.0502. The minimum Gasteiger partial charge on any atom is -0.476 e. The fourth-order valence-electron chi connectivity index (χ4n) is 1.34. The van der Waals surface area contributed by atoms with E-state index in [4.69, 9.17) is 5.11 Å². The molecular weight excluding hydrogens is 236 g/mol. The molecule has 18 heavy (non-hydrogen) atoms. The molecule has 8 nitrogen and oxygen atoms in total. The Bertz CT molecular complexity index is 512. The van der Waals surface area contributed by atoms with E-state index < -0.39 is 5.97 Å². The van der Waals surface area contributed by atoms with E-state index in [1.165, 1.54) is 17.2 Å². The highest BCUT2D eigenvalue weighted by Gasteiger charge is 2.07. The molecule has 0 aliphatic rings. The Morgan fingerprint density at radius 1 is 1.50 bits per heavy atom. The first-order valence-corrected chi connectivity index (χ1v) is 5.35. The van der Waals surface area contributed by atoms with Crippen molar-refractivity contribution in [3.05, 3.63) is 36.2 Å². The molecular formula is C10H12N6O2. The first-order chi connectivity index (χ1) is 8.75. The molecule has 0 aromatic carbocycles. The summed E-state index contributed by atoms with van der Waals surface area (Å²) in [5, 5.41) is 19.1. The normalized spacial score (nSPS) is 10.4. The van der Waals surface area contributed by atoms with Crippen molar-refractivity contribution in [3.8, 4) is 0 Å². The number of nitrogens with one attached hydrogen (secondary N) is 1. The number of aromatic nitrogens is 5. The first kappa shape index (κ1) is 12.1. The molecule has 0 aliphatic heterocycles. The average molecular weight is 248 g/mol. The van der Waals surface area contributed by atoms with Crippen LogP contribution >= 0.6 is 0 Å². The van der Waals surface area contributed by atoms with E-state index in [9.17, 15) is 4.79 Å². The summed E-state index contributed by atoms with van der Waals surface area (Å²) in [4.78, 5) is 18.5. The van der Waals surface area contributed by atoms with Crippen LogP contribution in [-0.4, -0.2) is 42.6 Å². The summed E-state index contributed by atoms with van der Waals surface area (Å²) >= 11 is 0. The third-order valence-corrected chi connectivity index (χ3v) is 2.22. The highest BCUT2D eigenvalue weighted by molar-refractivity contribution is 5.84. The van der Waals surface area contributed by atoms with Crippen LogP contribution < -0.4 is 5.32 Å². The zero-order chi connectivity index (χ0) is 12.8. The van der Waals surface area contributed by atoms with Crippen molar-refractivity contribution in [3.63, 3.8) is 0 Å². The highest BCUT2D eigenvalue weighted by Crippen LogP contribution is 1.93. The van der Waals surface area contributed by atoms with Gasteiger partial charge in [0.2, 0.25) is 0 Å². The molecule has 0 spiro atoms. The van der Waals surface area contributed by atoms with Crippen LogP contribution in [0.25, 0.3) is 0 Å².